The Kier molecular flexibility index (Phi) is 5.77. The molecule has 0 aromatic carbocycles. The summed E-state index contributed by atoms with van der Waals surface area (Å²) in [6.07, 6.45) is 3.61. The Bertz CT molecular complexity index is 221. The van der Waals surface area contributed by atoms with Crippen LogP contribution in [0.1, 0.15) is 32.6 Å². The van der Waals surface area contributed by atoms with Crippen LogP contribution < -0.4 is 5.32 Å². The van der Waals surface area contributed by atoms with E-state index < -0.39 is 0 Å². The van der Waals surface area contributed by atoms with Crippen LogP contribution >= 0.6 is 0 Å². The van der Waals surface area contributed by atoms with Crippen molar-refractivity contribution in [2.75, 3.05) is 26.7 Å². The van der Waals surface area contributed by atoms with Gasteiger partial charge in [-0.3, -0.25) is 4.79 Å². The fraction of sp³-hybridized carbons (Fsp3) is 0.917. The molecule has 1 aliphatic rings. The Hall–Kier alpha value is -0.610. The van der Waals surface area contributed by atoms with Crippen molar-refractivity contribution in [3.63, 3.8) is 0 Å². The minimum Gasteiger partial charge on any atom is -0.393 e. The molecule has 0 saturated heterocycles. The van der Waals surface area contributed by atoms with Gasteiger partial charge in [-0.25, -0.2) is 0 Å². The molecule has 0 aliphatic heterocycles. The molecule has 2 atom stereocenters. The Morgan fingerprint density at radius 3 is 2.81 bits per heavy atom. The molecule has 1 rings (SSSR count). The van der Waals surface area contributed by atoms with E-state index in [2.05, 4.69) is 10.2 Å². The number of amides is 1. The van der Waals surface area contributed by atoms with Crippen LogP contribution in [-0.4, -0.2) is 48.7 Å². The number of aliphatic hydroxyl groups is 1. The van der Waals surface area contributed by atoms with Crippen LogP contribution in [0, 0.1) is 5.92 Å². The van der Waals surface area contributed by atoms with E-state index in [1.807, 2.05) is 14.0 Å². The Morgan fingerprint density at radius 2 is 2.25 bits per heavy atom. The lowest BCUT2D eigenvalue weighted by Crippen LogP contribution is -2.33. The number of carbonyl (C=O) groups excluding carboxylic acids is 1. The SMILES string of the molecule is CCNC(=O)CCN(C)CC1CCCC1O. The van der Waals surface area contributed by atoms with Crippen molar-refractivity contribution in [1.82, 2.24) is 10.2 Å². The third-order valence-corrected chi connectivity index (χ3v) is 3.26. The van der Waals surface area contributed by atoms with Gasteiger partial charge in [0.1, 0.15) is 0 Å². The second-order valence-corrected chi connectivity index (χ2v) is 4.72. The number of aliphatic hydroxyl groups excluding tert-OH is 1. The fourth-order valence-electron chi connectivity index (χ4n) is 2.30. The van der Waals surface area contributed by atoms with Crippen LogP contribution in [0.5, 0.6) is 0 Å². The maximum atomic E-state index is 11.3. The van der Waals surface area contributed by atoms with Crippen molar-refractivity contribution in [1.29, 1.82) is 0 Å². The van der Waals surface area contributed by atoms with E-state index in [9.17, 15) is 9.90 Å². The number of nitrogens with one attached hydrogen (secondary N) is 1. The highest BCUT2D eigenvalue weighted by molar-refractivity contribution is 5.75. The van der Waals surface area contributed by atoms with Gasteiger partial charge in [-0.15, -0.1) is 0 Å². The van der Waals surface area contributed by atoms with Crippen molar-refractivity contribution in [3.8, 4) is 0 Å². The normalized spacial score (nSPS) is 25.0. The molecule has 1 aliphatic carbocycles. The van der Waals surface area contributed by atoms with Gasteiger partial charge in [-0.05, 0) is 32.7 Å². The van der Waals surface area contributed by atoms with Crippen molar-refractivity contribution >= 4 is 5.91 Å². The molecule has 0 radical (unpaired) electrons. The standard InChI is InChI=1S/C12H24N2O2/c1-3-13-12(16)7-8-14(2)9-10-5-4-6-11(10)15/h10-11,15H,3-9H2,1-2H3,(H,13,16). The first kappa shape index (κ1) is 13.5. The van der Waals surface area contributed by atoms with E-state index in [0.29, 0.717) is 18.9 Å². The summed E-state index contributed by atoms with van der Waals surface area (Å²) in [6, 6.07) is 0. The van der Waals surface area contributed by atoms with Gasteiger partial charge < -0.3 is 15.3 Å². The highest BCUT2D eigenvalue weighted by atomic mass is 16.3. The molecule has 0 spiro atoms. The molecular weight excluding hydrogens is 204 g/mol. The van der Waals surface area contributed by atoms with Crippen LogP contribution in [0.3, 0.4) is 0 Å². The summed E-state index contributed by atoms with van der Waals surface area (Å²) >= 11 is 0. The first-order chi connectivity index (χ1) is 7.63. The van der Waals surface area contributed by atoms with E-state index in [1.54, 1.807) is 0 Å². The van der Waals surface area contributed by atoms with Crippen LogP contribution in [0.2, 0.25) is 0 Å². The topological polar surface area (TPSA) is 52.6 Å². The number of nitrogens with zero attached hydrogens (tertiary/aromatic N) is 1. The van der Waals surface area contributed by atoms with E-state index in [1.165, 1.54) is 0 Å². The molecule has 0 bridgehead atoms. The zero-order valence-corrected chi connectivity index (χ0v) is 10.4. The van der Waals surface area contributed by atoms with Gasteiger partial charge in [0.2, 0.25) is 5.91 Å². The summed E-state index contributed by atoms with van der Waals surface area (Å²) in [4.78, 5) is 13.4. The molecule has 16 heavy (non-hydrogen) atoms. The molecule has 4 heteroatoms. The van der Waals surface area contributed by atoms with Crippen LogP contribution in [0.15, 0.2) is 0 Å². The van der Waals surface area contributed by atoms with Gasteiger partial charge in [0.05, 0.1) is 6.10 Å². The smallest absolute Gasteiger partial charge is 0.221 e. The maximum absolute atomic E-state index is 11.3. The average molecular weight is 228 g/mol. The van der Waals surface area contributed by atoms with Gasteiger partial charge >= 0.3 is 0 Å². The van der Waals surface area contributed by atoms with Gasteiger partial charge in [0.15, 0.2) is 0 Å². The van der Waals surface area contributed by atoms with Gasteiger partial charge in [-0.2, -0.15) is 0 Å². The minimum atomic E-state index is -0.132. The van der Waals surface area contributed by atoms with Crippen molar-refractivity contribution in [3.05, 3.63) is 0 Å². The highest BCUT2D eigenvalue weighted by Gasteiger charge is 2.25. The summed E-state index contributed by atoms with van der Waals surface area (Å²) in [5, 5.41) is 12.5. The third-order valence-electron chi connectivity index (χ3n) is 3.26. The maximum Gasteiger partial charge on any atom is 0.221 e. The van der Waals surface area contributed by atoms with Gasteiger partial charge in [-0.1, -0.05) is 6.42 Å². The summed E-state index contributed by atoms with van der Waals surface area (Å²) in [5.41, 5.74) is 0. The molecule has 1 amide bonds. The monoisotopic (exact) mass is 228 g/mol. The number of hydrogen-bond acceptors (Lipinski definition) is 3. The minimum absolute atomic E-state index is 0.112. The number of carbonyl (C=O) groups is 1. The predicted octanol–water partition coefficient (Wildman–Crippen LogP) is 0.605. The first-order valence-electron chi connectivity index (χ1n) is 6.26. The van der Waals surface area contributed by atoms with Crippen LogP contribution in [0.25, 0.3) is 0 Å². The first-order valence-corrected chi connectivity index (χ1v) is 6.26. The molecule has 2 N–H and O–H groups in total. The second kappa shape index (κ2) is 6.86. The molecule has 1 fully saturated rings. The van der Waals surface area contributed by atoms with E-state index in [-0.39, 0.29) is 12.0 Å². The van der Waals surface area contributed by atoms with Gasteiger partial charge in [0, 0.05) is 26.1 Å². The Morgan fingerprint density at radius 1 is 1.50 bits per heavy atom. The lowest BCUT2D eigenvalue weighted by Gasteiger charge is -2.22. The largest absolute Gasteiger partial charge is 0.393 e. The molecule has 0 aromatic rings. The van der Waals surface area contributed by atoms with Crippen molar-refractivity contribution in [2.45, 2.75) is 38.7 Å². The van der Waals surface area contributed by atoms with Crippen molar-refractivity contribution in [2.24, 2.45) is 5.92 Å². The Labute approximate surface area is 98.0 Å². The van der Waals surface area contributed by atoms with E-state index >= 15 is 0 Å². The van der Waals surface area contributed by atoms with Crippen LogP contribution in [0.4, 0.5) is 0 Å². The summed E-state index contributed by atoms with van der Waals surface area (Å²) < 4.78 is 0. The average Bonchev–Trinajstić information content (AvgIpc) is 2.62. The van der Waals surface area contributed by atoms with Gasteiger partial charge in [0.25, 0.3) is 0 Å². The number of rotatable bonds is 6. The van der Waals surface area contributed by atoms with Crippen LogP contribution in [-0.2, 0) is 4.79 Å². The Balaban J connectivity index is 2.15. The molecular formula is C12H24N2O2. The second-order valence-electron chi connectivity index (χ2n) is 4.72. The summed E-state index contributed by atoms with van der Waals surface area (Å²) in [6.45, 7) is 4.30. The van der Waals surface area contributed by atoms with E-state index in [4.69, 9.17) is 0 Å². The lowest BCUT2D eigenvalue weighted by molar-refractivity contribution is -0.121. The molecule has 1 saturated carbocycles. The summed E-state index contributed by atoms with van der Waals surface area (Å²) in [5.74, 6) is 0.514. The zero-order valence-electron chi connectivity index (χ0n) is 10.4. The lowest BCUT2D eigenvalue weighted by atomic mass is 10.1. The highest BCUT2D eigenvalue weighted by Crippen LogP contribution is 2.25. The molecule has 0 heterocycles. The predicted molar refractivity (Wildman–Crippen MR) is 64.1 cm³/mol. The number of hydrogen-bond donors (Lipinski definition) is 2. The molecule has 2 unspecified atom stereocenters. The quantitative estimate of drug-likeness (QED) is 0.700. The van der Waals surface area contributed by atoms with E-state index in [0.717, 1.165) is 32.4 Å². The zero-order chi connectivity index (χ0) is 12.0. The molecule has 0 aromatic heterocycles. The van der Waals surface area contributed by atoms with Crippen molar-refractivity contribution < 1.29 is 9.90 Å². The third kappa shape index (κ3) is 4.49. The molecule has 4 nitrogen and oxygen atoms in total. The summed E-state index contributed by atoms with van der Waals surface area (Å²) in [7, 11) is 2.02. The fourth-order valence-corrected chi connectivity index (χ4v) is 2.30. The molecule has 94 valence electrons.